The van der Waals surface area contributed by atoms with Crippen molar-refractivity contribution in [1.82, 2.24) is 5.32 Å². The minimum atomic E-state index is -4.41. The molecule has 0 spiro atoms. The van der Waals surface area contributed by atoms with Crippen LogP contribution in [-0.4, -0.2) is 24.8 Å². The number of amides is 1. The Labute approximate surface area is 262 Å². The van der Waals surface area contributed by atoms with Gasteiger partial charge >= 0.3 is 12.3 Å². The molecule has 0 saturated carbocycles. The van der Waals surface area contributed by atoms with Gasteiger partial charge in [0.15, 0.2) is 0 Å². The Balaban J connectivity index is 1.58. The normalized spacial score (nSPS) is 12.2. The van der Waals surface area contributed by atoms with E-state index in [-0.39, 0.29) is 13.2 Å². The molecule has 1 amide bonds. The maximum atomic E-state index is 13.3. The first-order valence-electron chi connectivity index (χ1n) is 14.8. The summed E-state index contributed by atoms with van der Waals surface area (Å²) in [5.74, 6) is 1.32. The van der Waals surface area contributed by atoms with E-state index in [2.05, 4.69) is 5.32 Å². The fourth-order valence-corrected chi connectivity index (χ4v) is 4.71. The number of nitrogens with one attached hydrogen (secondary N) is 1. The van der Waals surface area contributed by atoms with Gasteiger partial charge in [0, 0.05) is 0 Å². The number of alkyl carbamates (subject to hydrolysis) is 1. The fourth-order valence-electron chi connectivity index (χ4n) is 4.71. The number of benzene rings is 4. The molecule has 0 unspecified atom stereocenters. The lowest BCUT2D eigenvalue weighted by Crippen LogP contribution is -2.34. The van der Waals surface area contributed by atoms with Gasteiger partial charge in [-0.15, -0.1) is 0 Å². The third-order valence-corrected chi connectivity index (χ3v) is 6.79. The summed E-state index contributed by atoms with van der Waals surface area (Å²) in [5.41, 5.74) is 4.06. The third kappa shape index (κ3) is 9.89. The van der Waals surface area contributed by atoms with Crippen molar-refractivity contribution >= 4 is 17.2 Å². The summed E-state index contributed by atoms with van der Waals surface area (Å²) in [4.78, 5) is 11.9. The molecule has 0 aromatic heterocycles. The number of carbonyl (C=O) groups excluding carboxylic acids is 1. The maximum Gasteiger partial charge on any atom is 0.416 e. The molecule has 0 saturated heterocycles. The van der Waals surface area contributed by atoms with Crippen LogP contribution in [0.15, 0.2) is 103 Å². The van der Waals surface area contributed by atoms with Crippen LogP contribution in [0.1, 0.15) is 61.9 Å². The molecule has 0 aliphatic carbocycles. The average molecular weight is 618 g/mol. The van der Waals surface area contributed by atoms with Crippen molar-refractivity contribution in [2.24, 2.45) is 0 Å². The fraction of sp³-hybridized carbons (Fsp3) is 0.270. The van der Waals surface area contributed by atoms with E-state index >= 15 is 0 Å². The van der Waals surface area contributed by atoms with Crippen LogP contribution >= 0.6 is 0 Å². The summed E-state index contributed by atoms with van der Waals surface area (Å²) in [6, 6.07) is 30.4. The quantitative estimate of drug-likeness (QED) is 0.135. The first-order chi connectivity index (χ1) is 21.4. The highest BCUT2D eigenvalue weighted by Crippen LogP contribution is 2.37. The van der Waals surface area contributed by atoms with Crippen molar-refractivity contribution < 1.29 is 32.2 Å². The molecule has 0 aliphatic rings. The van der Waals surface area contributed by atoms with Gasteiger partial charge in [0.1, 0.15) is 30.3 Å². The van der Waals surface area contributed by atoms with Crippen molar-refractivity contribution in [3.63, 3.8) is 0 Å². The highest BCUT2D eigenvalue weighted by molar-refractivity contribution is 5.98. The summed E-state index contributed by atoms with van der Waals surface area (Å²) < 4.78 is 56.9. The van der Waals surface area contributed by atoms with Crippen molar-refractivity contribution in [2.45, 2.75) is 52.5 Å². The van der Waals surface area contributed by atoms with Gasteiger partial charge in [0.25, 0.3) is 0 Å². The second-order valence-electron chi connectivity index (χ2n) is 11.4. The van der Waals surface area contributed by atoms with Gasteiger partial charge in [-0.3, -0.25) is 0 Å². The topological polar surface area (TPSA) is 56.8 Å². The van der Waals surface area contributed by atoms with E-state index in [4.69, 9.17) is 14.2 Å². The first kappa shape index (κ1) is 33.2. The van der Waals surface area contributed by atoms with Crippen LogP contribution in [0.3, 0.4) is 0 Å². The second kappa shape index (κ2) is 14.8. The highest BCUT2D eigenvalue weighted by Gasteiger charge is 2.30. The molecule has 4 aromatic rings. The molecule has 0 fully saturated rings. The lowest BCUT2D eigenvalue weighted by Gasteiger charge is -2.19. The van der Waals surface area contributed by atoms with Crippen LogP contribution in [0.4, 0.5) is 18.0 Å². The number of hydrogen-bond acceptors (Lipinski definition) is 4. The molecular weight excluding hydrogens is 579 g/mol. The van der Waals surface area contributed by atoms with Crippen LogP contribution in [0.5, 0.6) is 11.5 Å². The molecule has 4 aromatic carbocycles. The predicted octanol–water partition coefficient (Wildman–Crippen LogP) is 9.56. The maximum absolute atomic E-state index is 13.3. The van der Waals surface area contributed by atoms with Crippen molar-refractivity contribution in [1.29, 1.82) is 0 Å². The SMILES string of the molecule is CC/C(=C(/c1ccc(OCCNC(=O)OC(C)(C)C)cc1)c1ccc(OCc2ccccc2)cc1)c1ccc(C(F)(F)F)cc1. The van der Waals surface area contributed by atoms with Gasteiger partial charge in [-0.25, -0.2) is 4.79 Å². The van der Waals surface area contributed by atoms with Crippen LogP contribution in [-0.2, 0) is 17.5 Å². The Morgan fingerprint density at radius 3 is 1.76 bits per heavy atom. The van der Waals surface area contributed by atoms with Crippen molar-refractivity contribution in [3.05, 3.63) is 131 Å². The van der Waals surface area contributed by atoms with E-state index in [1.165, 1.54) is 12.1 Å². The summed E-state index contributed by atoms with van der Waals surface area (Å²) in [7, 11) is 0. The molecule has 45 heavy (non-hydrogen) atoms. The molecule has 0 radical (unpaired) electrons. The van der Waals surface area contributed by atoms with Crippen molar-refractivity contribution in [3.8, 4) is 11.5 Å². The standard InChI is InChI=1S/C37H38F3NO4/c1-5-33(27-11-17-30(18-12-27)37(38,39)40)34(29-15-21-32(22-16-29)44-25-26-9-7-6-8-10-26)28-13-19-31(20-14-28)43-24-23-41-35(42)45-36(2,3)4/h6-22H,5,23-25H2,1-4H3,(H,41,42)/b34-33+. The van der Waals surface area contributed by atoms with E-state index in [9.17, 15) is 18.0 Å². The zero-order chi connectivity index (χ0) is 32.5. The van der Waals surface area contributed by atoms with Gasteiger partial charge in [-0.1, -0.05) is 73.7 Å². The smallest absolute Gasteiger partial charge is 0.416 e. The molecule has 1 N–H and O–H groups in total. The van der Waals surface area contributed by atoms with Gasteiger partial charge < -0.3 is 19.5 Å². The van der Waals surface area contributed by atoms with Crippen molar-refractivity contribution in [2.75, 3.05) is 13.2 Å². The molecule has 0 atom stereocenters. The minimum absolute atomic E-state index is 0.248. The molecule has 0 heterocycles. The summed E-state index contributed by atoms with van der Waals surface area (Å²) in [6.07, 6.45) is -4.34. The summed E-state index contributed by atoms with van der Waals surface area (Å²) in [6.45, 7) is 8.32. The minimum Gasteiger partial charge on any atom is -0.492 e. The summed E-state index contributed by atoms with van der Waals surface area (Å²) in [5, 5.41) is 2.66. The van der Waals surface area contributed by atoms with Gasteiger partial charge in [0.05, 0.1) is 12.1 Å². The monoisotopic (exact) mass is 617 g/mol. The van der Waals surface area contributed by atoms with E-state index in [1.54, 1.807) is 20.8 Å². The number of carbonyl (C=O) groups is 1. The van der Waals surface area contributed by atoms with Crippen LogP contribution in [0.25, 0.3) is 11.1 Å². The highest BCUT2D eigenvalue weighted by atomic mass is 19.4. The zero-order valence-electron chi connectivity index (χ0n) is 25.9. The number of halogens is 3. The van der Waals surface area contributed by atoms with Crippen LogP contribution < -0.4 is 14.8 Å². The van der Waals surface area contributed by atoms with E-state index in [1.807, 2.05) is 85.8 Å². The van der Waals surface area contributed by atoms with Crippen LogP contribution in [0.2, 0.25) is 0 Å². The Bertz CT molecular complexity index is 1560. The van der Waals surface area contributed by atoms with Gasteiger partial charge in [0.2, 0.25) is 0 Å². The molecule has 4 rings (SSSR count). The molecule has 0 bridgehead atoms. The lowest BCUT2D eigenvalue weighted by atomic mass is 9.88. The van der Waals surface area contributed by atoms with E-state index in [0.29, 0.717) is 30.1 Å². The molecule has 236 valence electrons. The molecule has 5 nitrogen and oxygen atoms in total. The Morgan fingerprint density at radius 1 is 0.711 bits per heavy atom. The predicted molar refractivity (Wildman–Crippen MR) is 171 cm³/mol. The lowest BCUT2D eigenvalue weighted by molar-refractivity contribution is -0.137. The second-order valence-corrected chi connectivity index (χ2v) is 11.4. The summed E-state index contributed by atoms with van der Waals surface area (Å²) >= 11 is 0. The van der Waals surface area contributed by atoms with Gasteiger partial charge in [-0.2, -0.15) is 13.2 Å². The third-order valence-electron chi connectivity index (χ3n) is 6.79. The largest absolute Gasteiger partial charge is 0.492 e. The number of rotatable bonds is 11. The molecule has 8 heteroatoms. The van der Waals surface area contributed by atoms with E-state index < -0.39 is 23.4 Å². The average Bonchev–Trinajstić information content (AvgIpc) is 3.01. The Kier molecular flexibility index (Phi) is 10.9. The van der Waals surface area contributed by atoms with E-state index in [0.717, 1.165) is 40.0 Å². The molecule has 0 aliphatic heterocycles. The van der Waals surface area contributed by atoms with Crippen LogP contribution in [0, 0.1) is 0 Å². The van der Waals surface area contributed by atoms with Gasteiger partial charge in [-0.05, 0) is 97.0 Å². The number of ether oxygens (including phenoxy) is 3. The molecular formula is C37H38F3NO4. The Hall–Kier alpha value is -4.72. The first-order valence-corrected chi connectivity index (χ1v) is 14.8. The number of hydrogen-bond donors (Lipinski definition) is 1. The number of allylic oxidation sites excluding steroid dienone is 1. The zero-order valence-corrected chi connectivity index (χ0v) is 25.9. The Morgan fingerprint density at radius 2 is 1.24 bits per heavy atom. The number of alkyl halides is 3.